The Bertz CT molecular complexity index is 751. The minimum atomic E-state index is 0.518. The molecular formula is C17H17Cl2N3. The van der Waals surface area contributed by atoms with Crippen molar-refractivity contribution in [3.8, 4) is 11.4 Å². The van der Waals surface area contributed by atoms with Gasteiger partial charge >= 0.3 is 0 Å². The maximum absolute atomic E-state index is 6.05. The number of aromatic amines is 1. The molecule has 0 amide bonds. The van der Waals surface area contributed by atoms with E-state index < -0.39 is 0 Å². The van der Waals surface area contributed by atoms with Gasteiger partial charge in [-0.25, -0.2) is 4.98 Å². The van der Waals surface area contributed by atoms with Crippen molar-refractivity contribution < 1.29 is 0 Å². The Morgan fingerprint density at radius 3 is 2.27 bits per heavy atom. The van der Waals surface area contributed by atoms with Crippen LogP contribution in [-0.2, 0) is 0 Å². The highest BCUT2D eigenvalue weighted by molar-refractivity contribution is 6.42. The maximum atomic E-state index is 6.05. The number of H-pyrrole nitrogens is 1. The van der Waals surface area contributed by atoms with Gasteiger partial charge < -0.3 is 9.88 Å². The van der Waals surface area contributed by atoms with Gasteiger partial charge in [-0.15, -0.1) is 0 Å². The second kappa shape index (κ2) is 6.19. The summed E-state index contributed by atoms with van der Waals surface area (Å²) in [5.41, 5.74) is 3.96. The monoisotopic (exact) mass is 333 g/mol. The first-order chi connectivity index (χ1) is 10.6. The molecule has 22 heavy (non-hydrogen) atoms. The quantitative estimate of drug-likeness (QED) is 0.694. The first-order valence-electron chi connectivity index (χ1n) is 7.32. The molecule has 3 nitrogen and oxygen atoms in total. The average molecular weight is 334 g/mol. The predicted octanol–water partition coefficient (Wildman–Crippen LogP) is 5.38. The summed E-state index contributed by atoms with van der Waals surface area (Å²) in [7, 11) is 0. The summed E-state index contributed by atoms with van der Waals surface area (Å²) in [5, 5.41) is 1.05. The van der Waals surface area contributed by atoms with Gasteiger partial charge in [0.1, 0.15) is 5.82 Å². The number of imidazole rings is 1. The molecule has 0 radical (unpaired) electrons. The van der Waals surface area contributed by atoms with E-state index in [1.807, 2.05) is 0 Å². The lowest BCUT2D eigenvalue weighted by Crippen LogP contribution is -2.21. The summed E-state index contributed by atoms with van der Waals surface area (Å²) in [4.78, 5) is 10.2. The lowest BCUT2D eigenvalue weighted by molar-refractivity contribution is 0.866. The second-order valence-corrected chi connectivity index (χ2v) is 5.90. The van der Waals surface area contributed by atoms with Crippen LogP contribution in [0.4, 0.5) is 5.69 Å². The number of nitrogens with one attached hydrogen (secondary N) is 1. The van der Waals surface area contributed by atoms with Crippen LogP contribution in [-0.4, -0.2) is 23.1 Å². The van der Waals surface area contributed by atoms with Crippen molar-refractivity contribution in [2.24, 2.45) is 0 Å². The molecule has 3 rings (SSSR count). The van der Waals surface area contributed by atoms with Crippen molar-refractivity contribution in [1.82, 2.24) is 9.97 Å². The van der Waals surface area contributed by atoms with Crippen LogP contribution in [0.15, 0.2) is 36.4 Å². The van der Waals surface area contributed by atoms with Crippen LogP contribution in [0.5, 0.6) is 0 Å². The van der Waals surface area contributed by atoms with Gasteiger partial charge in [0, 0.05) is 24.3 Å². The molecule has 1 N–H and O–H groups in total. The Balaban J connectivity index is 1.97. The van der Waals surface area contributed by atoms with Crippen molar-refractivity contribution in [2.75, 3.05) is 18.0 Å². The predicted molar refractivity (Wildman–Crippen MR) is 95.1 cm³/mol. The first kappa shape index (κ1) is 15.2. The molecule has 1 heterocycles. The molecule has 0 spiro atoms. The van der Waals surface area contributed by atoms with E-state index in [0.29, 0.717) is 10.0 Å². The highest BCUT2D eigenvalue weighted by atomic mass is 35.5. The van der Waals surface area contributed by atoms with Gasteiger partial charge in [-0.3, -0.25) is 0 Å². The molecule has 0 aliphatic rings. The van der Waals surface area contributed by atoms with Crippen LogP contribution >= 0.6 is 23.2 Å². The largest absolute Gasteiger partial charge is 0.372 e. The molecule has 0 unspecified atom stereocenters. The molecule has 0 bridgehead atoms. The Labute approximate surface area is 139 Å². The molecule has 1 aromatic heterocycles. The van der Waals surface area contributed by atoms with Gasteiger partial charge in [-0.2, -0.15) is 0 Å². The normalized spacial score (nSPS) is 11.1. The molecule has 0 aliphatic heterocycles. The number of anilines is 1. The van der Waals surface area contributed by atoms with Crippen LogP contribution in [0.2, 0.25) is 10.0 Å². The number of aromatic nitrogens is 2. The fraction of sp³-hybridized carbons (Fsp3) is 0.235. The third-order valence-corrected chi connectivity index (χ3v) is 4.52. The molecule has 0 aliphatic carbocycles. The van der Waals surface area contributed by atoms with Gasteiger partial charge in [-0.05, 0) is 50.2 Å². The number of nitrogens with zero attached hydrogens (tertiary/aromatic N) is 2. The zero-order valence-corrected chi connectivity index (χ0v) is 14.0. The van der Waals surface area contributed by atoms with Crippen molar-refractivity contribution in [3.05, 3.63) is 46.4 Å². The van der Waals surface area contributed by atoms with E-state index in [9.17, 15) is 0 Å². The van der Waals surface area contributed by atoms with Gasteiger partial charge in [0.15, 0.2) is 0 Å². The fourth-order valence-electron chi connectivity index (χ4n) is 2.56. The molecule has 0 atom stereocenters. The van der Waals surface area contributed by atoms with Crippen molar-refractivity contribution in [3.63, 3.8) is 0 Å². The molecule has 0 fully saturated rings. The summed E-state index contributed by atoms with van der Waals surface area (Å²) >= 11 is 12.1. The van der Waals surface area contributed by atoms with Crippen LogP contribution in [0, 0.1) is 0 Å². The maximum Gasteiger partial charge on any atom is 0.138 e. The van der Waals surface area contributed by atoms with Crippen molar-refractivity contribution in [2.45, 2.75) is 13.8 Å². The summed E-state index contributed by atoms with van der Waals surface area (Å²) < 4.78 is 0. The van der Waals surface area contributed by atoms with Crippen molar-refractivity contribution >= 4 is 39.9 Å². The zero-order chi connectivity index (χ0) is 15.7. The molecule has 114 valence electrons. The first-order valence-corrected chi connectivity index (χ1v) is 8.08. The molecule has 3 aromatic rings. The molecule has 5 heteroatoms. The number of hydrogen-bond acceptors (Lipinski definition) is 2. The molecule has 0 saturated carbocycles. The minimum Gasteiger partial charge on any atom is -0.372 e. The van der Waals surface area contributed by atoms with Gasteiger partial charge in [0.2, 0.25) is 0 Å². The minimum absolute atomic E-state index is 0.518. The number of rotatable bonds is 4. The third-order valence-electron chi connectivity index (χ3n) is 3.79. The lowest BCUT2D eigenvalue weighted by atomic mass is 10.2. The SMILES string of the molecule is CCN(CC)c1ccc(-c2nc3cc(Cl)c(Cl)cc3[nH]2)cc1. The standard InChI is InChI=1S/C17H17Cl2N3/c1-3-22(4-2)12-7-5-11(6-8-12)17-20-15-9-13(18)14(19)10-16(15)21-17/h5-10H,3-4H2,1-2H3,(H,20,21). The van der Waals surface area contributed by atoms with E-state index in [-0.39, 0.29) is 0 Å². The molecule has 2 aromatic carbocycles. The van der Waals surface area contributed by atoms with Gasteiger partial charge in [0.05, 0.1) is 21.1 Å². The average Bonchev–Trinajstić information content (AvgIpc) is 2.92. The summed E-state index contributed by atoms with van der Waals surface area (Å²) in [6.07, 6.45) is 0. The van der Waals surface area contributed by atoms with Gasteiger partial charge in [-0.1, -0.05) is 23.2 Å². The van der Waals surface area contributed by atoms with E-state index in [2.05, 4.69) is 53.0 Å². The number of fused-ring (bicyclic) bond motifs is 1. The number of benzene rings is 2. The van der Waals surface area contributed by atoms with E-state index >= 15 is 0 Å². The van der Waals surface area contributed by atoms with E-state index in [4.69, 9.17) is 23.2 Å². The molecular weight excluding hydrogens is 317 g/mol. The van der Waals surface area contributed by atoms with E-state index in [1.54, 1.807) is 12.1 Å². The number of hydrogen-bond donors (Lipinski definition) is 1. The van der Waals surface area contributed by atoms with Crippen molar-refractivity contribution in [1.29, 1.82) is 0 Å². The lowest BCUT2D eigenvalue weighted by Gasteiger charge is -2.20. The summed E-state index contributed by atoms with van der Waals surface area (Å²) in [6.45, 7) is 6.31. The smallest absolute Gasteiger partial charge is 0.138 e. The van der Waals surface area contributed by atoms with E-state index in [0.717, 1.165) is 35.5 Å². The summed E-state index contributed by atoms with van der Waals surface area (Å²) in [6, 6.07) is 12.0. The fourth-order valence-corrected chi connectivity index (χ4v) is 2.88. The van der Waals surface area contributed by atoms with Crippen LogP contribution in [0.3, 0.4) is 0 Å². The number of halogens is 2. The highest BCUT2D eigenvalue weighted by Gasteiger charge is 2.09. The van der Waals surface area contributed by atoms with Crippen LogP contribution in [0.1, 0.15) is 13.8 Å². The van der Waals surface area contributed by atoms with Crippen LogP contribution < -0.4 is 4.90 Å². The Hall–Kier alpha value is -1.71. The Morgan fingerprint density at radius 2 is 1.64 bits per heavy atom. The Morgan fingerprint density at radius 1 is 1.00 bits per heavy atom. The Kier molecular flexibility index (Phi) is 4.27. The summed E-state index contributed by atoms with van der Waals surface area (Å²) in [5.74, 6) is 0.819. The van der Waals surface area contributed by atoms with Crippen LogP contribution in [0.25, 0.3) is 22.4 Å². The van der Waals surface area contributed by atoms with Gasteiger partial charge in [0.25, 0.3) is 0 Å². The zero-order valence-electron chi connectivity index (χ0n) is 12.5. The second-order valence-electron chi connectivity index (χ2n) is 5.09. The van der Waals surface area contributed by atoms with E-state index in [1.165, 1.54) is 5.69 Å². The topological polar surface area (TPSA) is 31.9 Å². The molecule has 0 saturated heterocycles. The third kappa shape index (κ3) is 2.79. The highest BCUT2D eigenvalue weighted by Crippen LogP contribution is 2.29.